The van der Waals surface area contributed by atoms with E-state index in [0.717, 1.165) is 50.5 Å². The van der Waals surface area contributed by atoms with Crippen molar-refractivity contribution in [3.8, 4) is 0 Å². The molecule has 2 N–H and O–H groups in total. The van der Waals surface area contributed by atoms with E-state index in [0.29, 0.717) is 12.1 Å². The molecule has 5 nitrogen and oxygen atoms in total. The van der Waals surface area contributed by atoms with Crippen LogP contribution < -0.4 is 10.6 Å². The van der Waals surface area contributed by atoms with Crippen molar-refractivity contribution in [2.45, 2.75) is 57.5 Å². The Kier molecular flexibility index (Phi) is 6.03. The number of hydrogen-bond donors (Lipinski definition) is 2. The Labute approximate surface area is 185 Å². The lowest BCUT2D eigenvalue weighted by Gasteiger charge is -2.41. The molecular formula is C26H33N5. The molecule has 2 unspecified atom stereocenters. The van der Waals surface area contributed by atoms with Gasteiger partial charge < -0.3 is 15.5 Å². The number of piperazine rings is 1. The first kappa shape index (κ1) is 20.3. The minimum atomic E-state index is 0.326. The molecule has 0 saturated carbocycles. The summed E-state index contributed by atoms with van der Waals surface area (Å²) in [5, 5.41) is 7.28. The van der Waals surface area contributed by atoms with Crippen molar-refractivity contribution < 1.29 is 0 Å². The van der Waals surface area contributed by atoms with Gasteiger partial charge in [0, 0.05) is 42.6 Å². The summed E-state index contributed by atoms with van der Waals surface area (Å²) >= 11 is 0. The normalized spacial score (nSPS) is 23.1. The minimum absolute atomic E-state index is 0.326. The first-order valence-electron chi connectivity index (χ1n) is 11.8. The van der Waals surface area contributed by atoms with Gasteiger partial charge in [-0.15, -0.1) is 0 Å². The van der Waals surface area contributed by atoms with Gasteiger partial charge >= 0.3 is 0 Å². The molecule has 0 spiro atoms. The Hall–Kier alpha value is -2.66. The summed E-state index contributed by atoms with van der Waals surface area (Å²) < 4.78 is 0. The predicted molar refractivity (Wildman–Crippen MR) is 130 cm³/mol. The van der Waals surface area contributed by atoms with Crippen molar-refractivity contribution in [2.24, 2.45) is 9.98 Å². The zero-order chi connectivity index (χ0) is 21.0. The average Bonchev–Trinajstić information content (AvgIpc) is 2.80. The minimum Gasteiger partial charge on any atom is -0.337 e. The largest absolute Gasteiger partial charge is 0.337 e. The Morgan fingerprint density at radius 3 is 2.97 bits per heavy atom. The quantitative estimate of drug-likeness (QED) is 0.670. The molecule has 2 heterocycles. The van der Waals surface area contributed by atoms with Gasteiger partial charge in [0.2, 0.25) is 0 Å². The van der Waals surface area contributed by atoms with E-state index in [-0.39, 0.29) is 0 Å². The molecule has 0 bridgehead atoms. The maximum atomic E-state index is 5.21. The average molecular weight is 416 g/mol. The van der Waals surface area contributed by atoms with E-state index in [2.05, 4.69) is 52.8 Å². The molecule has 1 fully saturated rings. The number of nitrogens with one attached hydrogen (secondary N) is 2. The zero-order valence-corrected chi connectivity index (χ0v) is 18.5. The first-order valence-corrected chi connectivity index (χ1v) is 11.8. The zero-order valence-electron chi connectivity index (χ0n) is 18.5. The molecule has 0 amide bonds. The van der Waals surface area contributed by atoms with Crippen molar-refractivity contribution in [3.05, 3.63) is 59.7 Å². The van der Waals surface area contributed by atoms with Gasteiger partial charge in [-0.3, -0.25) is 4.99 Å². The van der Waals surface area contributed by atoms with Crippen molar-refractivity contribution in [3.63, 3.8) is 0 Å². The molecule has 1 aliphatic carbocycles. The SMILES string of the molecule is CC(CCCC1CNCCN1C1=NC2CCCc3cccc(c32)N1)=Nc1ccccc1. The molecule has 2 aromatic carbocycles. The summed E-state index contributed by atoms with van der Waals surface area (Å²) in [5.41, 5.74) is 6.45. The summed E-state index contributed by atoms with van der Waals surface area (Å²) in [6.07, 6.45) is 6.92. The lowest BCUT2D eigenvalue weighted by atomic mass is 9.86. The predicted octanol–water partition coefficient (Wildman–Crippen LogP) is 5.08. The molecule has 162 valence electrons. The van der Waals surface area contributed by atoms with Crippen LogP contribution in [0.2, 0.25) is 0 Å². The van der Waals surface area contributed by atoms with Crippen LogP contribution in [0.15, 0.2) is 58.5 Å². The number of nitrogens with zero attached hydrogens (tertiary/aromatic N) is 3. The van der Waals surface area contributed by atoms with Gasteiger partial charge in [0.15, 0.2) is 5.96 Å². The molecule has 2 atom stereocenters. The molecule has 5 heteroatoms. The summed E-state index contributed by atoms with van der Waals surface area (Å²) in [5.74, 6) is 1.08. The summed E-state index contributed by atoms with van der Waals surface area (Å²) in [4.78, 5) is 12.5. The highest BCUT2D eigenvalue weighted by atomic mass is 15.4. The molecule has 2 aliphatic heterocycles. The maximum absolute atomic E-state index is 5.21. The molecule has 2 aromatic rings. The van der Waals surface area contributed by atoms with Gasteiger partial charge in [-0.1, -0.05) is 30.3 Å². The van der Waals surface area contributed by atoms with Crippen LogP contribution in [0.25, 0.3) is 0 Å². The lowest BCUT2D eigenvalue weighted by Crippen LogP contribution is -2.56. The van der Waals surface area contributed by atoms with Crippen LogP contribution in [-0.4, -0.2) is 42.2 Å². The number of aryl methyl sites for hydroxylation is 1. The molecule has 31 heavy (non-hydrogen) atoms. The van der Waals surface area contributed by atoms with Gasteiger partial charge in [0.05, 0.1) is 11.7 Å². The van der Waals surface area contributed by atoms with Crippen molar-refractivity contribution in [1.82, 2.24) is 10.2 Å². The van der Waals surface area contributed by atoms with Crippen LogP contribution in [0.1, 0.15) is 56.2 Å². The van der Waals surface area contributed by atoms with E-state index < -0.39 is 0 Å². The smallest absolute Gasteiger partial charge is 0.199 e. The van der Waals surface area contributed by atoms with Gasteiger partial charge in [-0.05, 0) is 69.2 Å². The number of hydrogen-bond acceptors (Lipinski definition) is 5. The molecule has 0 radical (unpaired) electrons. The number of guanidine groups is 1. The van der Waals surface area contributed by atoms with Crippen LogP contribution >= 0.6 is 0 Å². The number of rotatable bonds is 5. The van der Waals surface area contributed by atoms with Crippen molar-refractivity contribution >= 4 is 23.0 Å². The van der Waals surface area contributed by atoms with E-state index in [1.54, 1.807) is 0 Å². The number of para-hydroxylation sites is 1. The standard InChI is InChI=1S/C26H33N5/c1-19(28-21-11-3-2-4-12-21)8-5-13-22-18-27-16-17-31(22)26-29-23-14-6-9-20-10-7-15-24(30-26)25(20)23/h2-4,6,9,11-12,14,22,24,27H,5,7-8,10,13,15-18H2,1H3,(H,29,30). The number of anilines is 1. The third kappa shape index (κ3) is 4.52. The van der Waals surface area contributed by atoms with E-state index in [1.165, 1.54) is 41.8 Å². The van der Waals surface area contributed by atoms with Gasteiger partial charge in [0.25, 0.3) is 0 Å². The maximum Gasteiger partial charge on any atom is 0.199 e. The van der Waals surface area contributed by atoms with Crippen LogP contribution in [0.3, 0.4) is 0 Å². The van der Waals surface area contributed by atoms with Crippen LogP contribution in [0.5, 0.6) is 0 Å². The second-order valence-corrected chi connectivity index (χ2v) is 8.99. The Morgan fingerprint density at radius 2 is 2.06 bits per heavy atom. The third-order valence-electron chi connectivity index (χ3n) is 6.75. The number of benzene rings is 2. The van der Waals surface area contributed by atoms with E-state index >= 15 is 0 Å². The fraction of sp³-hybridized carbons (Fsp3) is 0.462. The van der Waals surface area contributed by atoms with Crippen LogP contribution in [-0.2, 0) is 6.42 Å². The second-order valence-electron chi connectivity index (χ2n) is 8.99. The molecule has 0 aromatic heterocycles. The third-order valence-corrected chi connectivity index (χ3v) is 6.75. The number of aliphatic imine (C=N–C) groups is 2. The first-order chi connectivity index (χ1) is 15.3. The fourth-order valence-corrected chi connectivity index (χ4v) is 5.21. The lowest BCUT2D eigenvalue weighted by molar-refractivity contribution is 0.240. The summed E-state index contributed by atoms with van der Waals surface area (Å²) in [6, 6.07) is 17.8. The highest BCUT2D eigenvalue weighted by Crippen LogP contribution is 2.40. The van der Waals surface area contributed by atoms with Crippen LogP contribution in [0.4, 0.5) is 11.4 Å². The Bertz CT molecular complexity index is 965. The van der Waals surface area contributed by atoms with Gasteiger partial charge in [-0.2, -0.15) is 0 Å². The summed E-state index contributed by atoms with van der Waals surface area (Å²) in [7, 11) is 0. The van der Waals surface area contributed by atoms with Gasteiger partial charge in [-0.25, -0.2) is 4.99 Å². The highest BCUT2D eigenvalue weighted by molar-refractivity contribution is 5.97. The summed E-state index contributed by atoms with van der Waals surface area (Å²) in [6.45, 7) is 5.19. The van der Waals surface area contributed by atoms with Gasteiger partial charge in [0.1, 0.15) is 0 Å². The molecule has 1 saturated heterocycles. The monoisotopic (exact) mass is 415 g/mol. The highest BCUT2D eigenvalue weighted by Gasteiger charge is 2.32. The second kappa shape index (κ2) is 9.23. The molecule has 3 aliphatic rings. The topological polar surface area (TPSA) is 52.0 Å². The van der Waals surface area contributed by atoms with Crippen molar-refractivity contribution in [2.75, 3.05) is 25.0 Å². The van der Waals surface area contributed by atoms with E-state index in [1.807, 2.05) is 18.2 Å². The van der Waals surface area contributed by atoms with Crippen LogP contribution in [0, 0.1) is 0 Å². The molecule has 5 rings (SSSR count). The fourth-order valence-electron chi connectivity index (χ4n) is 5.21. The van der Waals surface area contributed by atoms with E-state index in [4.69, 9.17) is 9.98 Å². The van der Waals surface area contributed by atoms with E-state index in [9.17, 15) is 0 Å². The van der Waals surface area contributed by atoms with Crippen molar-refractivity contribution in [1.29, 1.82) is 0 Å². The Balaban J connectivity index is 1.25. The Morgan fingerprint density at radius 1 is 1.16 bits per heavy atom. The molecular weight excluding hydrogens is 382 g/mol.